The van der Waals surface area contributed by atoms with Gasteiger partial charge in [-0.25, -0.2) is 4.68 Å². The van der Waals surface area contributed by atoms with Gasteiger partial charge in [0.1, 0.15) is 11.9 Å². The van der Waals surface area contributed by atoms with Gasteiger partial charge in [0.25, 0.3) is 0 Å². The average Bonchev–Trinajstić information content (AvgIpc) is 2.84. The lowest BCUT2D eigenvalue weighted by atomic mass is 9.81. The molecule has 2 aromatic rings. The second-order valence-corrected chi connectivity index (χ2v) is 6.70. The first-order valence-corrected chi connectivity index (χ1v) is 8.06. The zero-order valence-corrected chi connectivity index (χ0v) is 13.6. The van der Waals surface area contributed by atoms with Gasteiger partial charge in [-0.05, 0) is 31.7 Å². The third-order valence-corrected chi connectivity index (χ3v) is 4.59. The van der Waals surface area contributed by atoms with E-state index in [2.05, 4.69) is 47.4 Å². The third-order valence-electron chi connectivity index (χ3n) is 4.59. The maximum absolute atomic E-state index is 12.8. The van der Waals surface area contributed by atoms with Crippen LogP contribution < -0.4 is 5.32 Å². The lowest BCUT2D eigenvalue weighted by Gasteiger charge is -2.34. The molecule has 0 fully saturated rings. The van der Waals surface area contributed by atoms with Gasteiger partial charge >= 0.3 is 0 Å². The number of Topliss-reactive ketones (excluding diaryl/α,β-unsaturated/α-hetero) is 1. The van der Waals surface area contributed by atoms with Crippen LogP contribution in [0.3, 0.4) is 0 Å². The maximum atomic E-state index is 12.8. The Balaban J connectivity index is 1.93. The number of fused-ring (bicyclic) bond motifs is 1. The van der Waals surface area contributed by atoms with Gasteiger partial charge in [-0.1, -0.05) is 36.8 Å². The Hall–Kier alpha value is -2.43. The quantitative estimate of drug-likeness (QED) is 0.879. The minimum Gasteiger partial charge on any atom is -0.328 e. The number of ketones is 1. The summed E-state index contributed by atoms with van der Waals surface area (Å²) < 4.78 is 1.86. The van der Waals surface area contributed by atoms with Gasteiger partial charge in [0.2, 0.25) is 5.95 Å². The van der Waals surface area contributed by atoms with Crippen LogP contribution in [0, 0.1) is 19.8 Å². The smallest absolute Gasteiger partial charge is 0.226 e. The number of aromatic nitrogens is 3. The molecule has 1 aromatic carbocycles. The molecule has 4 rings (SSSR count). The van der Waals surface area contributed by atoms with Gasteiger partial charge in [-0.3, -0.25) is 4.79 Å². The maximum Gasteiger partial charge on any atom is 0.226 e. The van der Waals surface area contributed by atoms with Crippen molar-refractivity contribution in [1.82, 2.24) is 14.8 Å². The molecular formula is C18H20N4O. The Morgan fingerprint density at radius 3 is 2.87 bits per heavy atom. The van der Waals surface area contributed by atoms with E-state index >= 15 is 0 Å². The lowest BCUT2D eigenvalue weighted by molar-refractivity contribution is -0.117. The first-order chi connectivity index (χ1) is 11.0. The Morgan fingerprint density at radius 1 is 1.26 bits per heavy atom. The van der Waals surface area contributed by atoms with Crippen molar-refractivity contribution >= 4 is 11.7 Å². The summed E-state index contributed by atoms with van der Waals surface area (Å²) in [5.74, 6) is 2.03. The van der Waals surface area contributed by atoms with Crippen molar-refractivity contribution in [2.24, 2.45) is 5.92 Å². The molecule has 0 saturated carbocycles. The van der Waals surface area contributed by atoms with Gasteiger partial charge in [0.15, 0.2) is 5.78 Å². The summed E-state index contributed by atoms with van der Waals surface area (Å²) in [7, 11) is 0. The number of nitrogens with one attached hydrogen (secondary N) is 1. The zero-order chi connectivity index (χ0) is 16.1. The van der Waals surface area contributed by atoms with Crippen LogP contribution in [0.1, 0.15) is 42.8 Å². The van der Waals surface area contributed by atoms with Crippen LogP contribution in [-0.4, -0.2) is 20.5 Å². The fraction of sp³-hybridized carbons (Fsp3) is 0.389. The molecule has 0 bridgehead atoms. The topological polar surface area (TPSA) is 59.8 Å². The number of carbonyl (C=O) groups is 1. The van der Waals surface area contributed by atoms with Crippen molar-refractivity contribution in [1.29, 1.82) is 0 Å². The van der Waals surface area contributed by atoms with Crippen LogP contribution in [0.4, 0.5) is 5.95 Å². The van der Waals surface area contributed by atoms with Crippen LogP contribution in [0.15, 0.2) is 35.5 Å². The summed E-state index contributed by atoms with van der Waals surface area (Å²) in [5.41, 5.74) is 4.14. The largest absolute Gasteiger partial charge is 0.328 e. The SMILES string of the molecule is Cc1cccc([C@@H]2C3=C(C[C@H](C)CC3=O)Nc3nc(C)nn32)c1. The highest BCUT2D eigenvalue weighted by Crippen LogP contribution is 2.41. The number of carbonyl (C=O) groups excluding carboxylic acids is 1. The molecule has 0 spiro atoms. The molecule has 23 heavy (non-hydrogen) atoms. The molecule has 1 aliphatic carbocycles. The van der Waals surface area contributed by atoms with Gasteiger partial charge in [0, 0.05) is 17.7 Å². The van der Waals surface area contributed by atoms with Crippen molar-refractivity contribution in [2.45, 2.75) is 39.7 Å². The highest BCUT2D eigenvalue weighted by Gasteiger charge is 2.38. The summed E-state index contributed by atoms with van der Waals surface area (Å²) in [4.78, 5) is 17.3. The van der Waals surface area contributed by atoms with E-state index in [0.29, 0.717) is 18.2 Å². The molecule has 0 unspecified atom stereocenters. The second-order valence-electron chi connectivity index (χ2n) is 6.70. The summed E-state index contributed by atoms with van der Waals surface area (Å²) >= 11 is 0. The van der Waals surface area contributed by atoms with Crippen LogP contribution in [0.2, 0.25) is 0 Å². The van der Waals surface area contributed by atoms with Crippen LogP contribution in [0.5, 0.6) is 0 Å². The molecule has 5 nitrogen and oxygen atoms in total. The first kappa shape index (κ1) is 14.2. The molecule has 2 atom stereocenters. The van der Waals surface area contributed by atoms with E-state index in [4.69, 9.17) is 0 Å². The van der Waals surface area contributed by atoms with E-state index in [0.717, 1.165) is 29.2 Å². The number of hydrogen-bond acceptors (Lipinski definition) is 4. The monoisotopic (exact) mass is 308 g/mol. The molecule has 2 heterocycles. The predicted octanol–water partition coefficient (Wildman–Crippen LogP) is 3.16. The normalized spacial score (nSPS) is 23.3. The number of anilines is 1. The molecule has 0 amide bonds. The van der Waals surface area contributed by atoms with E-state index in [-0.39, 0.29) is 11.8 Å². The van der Waals surface area contributed by atoms with E-state index in [1.165, 1.54) is 5.56 Å². The van der Waals surface area contributed by atoms with Crippen LogP contribution in [-0.2, 0) is 4.79 Å². The Morgan fingerprint density at radius 2 is 2.09 bits per heavy atom. The minimum atomic E-state index is -0.178. The number of hydrogen-bond donors (Lipinski definition) is 1. The molecule has 1 aromatic heterocycles. The van der Waals surface area contributed by atoms with Crippen molar-refractivity contribution in [3.8, 4) is 0 Å². The lowest BCUT2D eigenvalue weighted by Crippen LogP contribution is -2.33. The minimum absolute atomic E-state index is 0.178. The standard InChI is InChI=1S/C18H20N4O/c1-10-5-4-6-13(7-10)17-16-14(8-11(2)9-15(16)23)20-18-19-12(3)21-22(17)18/h4-7,11,17H,8-9H2,1-3H3,(H,19,20,21)/t11-,17+/m0/s1. The number of nitrogens with zero attached hydrogens (tertiary/aromatic N) is 3. The highest BCUT2D eigenvalue weighted by atomic mass is 16.1. The molecular weight excluding hydrogens is 288 g/mol. The Labute approximate surface area is 135 Å². The van der Waals surface area contributed by atoms with Crippen molar-refractivity contribution in [2.75, 3.05) is 5.32 Å². The molecule has 1 N–H and O–H groups in total. The molecule has 2 aliphatic rings. The van der Waals surface area contributed by atoms with Crippen LogP contribution in [0.25, 0.3) is 0 Å². The fourth-order valence-electron chi connectivity index (χ4n) is 3.66. The van der Waals surface area contributed by atoms with Crippen molar-refractivity contribution in [3.63, 3.8) is 0 Å². The number of allylic oxidation sites excluding steroid dienone is 2. The third kappa shape index (κ3) is 2.27. The number of aryl methyl sites for hydroxylation is 2. The second kappa shape index (κ2) is 5.05. The molecule has 0 saturated heterocycles. The van der Waals surface area contributed by atoms with E-state index < -0.39 is 0 Å². The van der Waals surface area contributed by atoms with E-state index in [1.807, 2.05) is 17.7 Å². The van der Waals surface area contributed by atoms with E-state index in [1.54, 1.807) is 0 Å². The van der Waals surface area contributed by atoms with Crippen molar-refractivity contribution < 1.29 is 4.79 Å². The molecule has 0 radical (unpaired) electrons. The Kier molecular flexibility index (Phi) is 3.11. The number of benzene rings is 1. The van der Waals surface area contributed by atoms with Gasteiger partial charge in [0.05, 0.1) is 0 Å². The number of rotatable bonds is 1. The summed E-state index contributed by atoms with van der Waals surface area (Å²) in [6.45, 7) is 6.07. The zero-order valence-electron chi connectivity index (χ0n) is 13.6. The summed E-state index contributed by atoms with van der Waals surface area (Å²) in [5, 5.41) is 7.88. The van der Waals surface area contributed by atoms with Gasteiger partial charge in [-0.15, -0.1) is 0 Å². The highest BCUT2D eigenvalue weighted by molar-refractivity contribution is 5.99. The Bertz CT molecular complexity index is 833. The van der Waals surface area contributed by atoms with E-state index in [9.17, 15) is 4.79 Å². The van der Waals surface area contributed by atoms with Crippen LogP contribution >= 0.6 is 0 Å². The fourth-order valence-corrected chi connectivity index (χ4v) is 3.66. The molecule has 118 valence electrons. The van der Waals surface area contributed by atoms with Crippen molar-refractivity contribution in [3.05, 3.63) is 52.5 Å². The average molecular weight is 308 g/mol. The summed E-state index contributed by atoms with van der Waals surface area (Å²) in [6, 6.07) is 8.12. The summed E-state index contributed by atoms with van der Waals surface area (Å²) in [6.07, 6.45) is 1.49. The molecule has 1 aliphatic heterocycles. The molecule has 5 heteroatoms. The first-order valence-electron chi connectivity index (χ1n) is 8.06. The van der Waals surface area contributed by atoms with Gasteiger partial charge in [-0.2, -0.15) is 10.1 Å². The predicted molar refractivity (Wildman–Crippen MR) is 88.1 cm³/mol. The van der Waals surface area contributed by atoms with Gasteiger partial charge < -0.3 is 5.32 Å².